The Morgan fingerprint density at radius 3 is 2.55 bits per heavy atom. The number of rotatable bonds is 6. The fraction of sp³-hybridized carbons (Fsp3) is 0.625. The monoisotopic (exact) mass is 346 g/mol. The first-order valence-electron chi connectivity index (χ1n) is 7.40. The van der Waals surface area contributed by atoms with Gasteiger partial charge in [0.1, 0.15) is 0 Å². The third-order valence-electron chi connectivity index (χ3n) is 4.09. The zero-order chi connectivity index (χ0) is 15.2. The fourth-order valence-corrected chi connectivity index (χ4v) is 3.50. The van der Waals surface area contributed by atoms with Gasteiger partial charge >= 0.3 is 0 Å². The van der Waals surface area contributed by atoms with E-state index in [-0.39, 0.29) is 12.4 Å². The van der Waals surface area contributed by atoms with Gasteiger partial charge in [-0.25, -0.2) is 0 Å². The van der Waals surface area contributed by atoms with Crippen LogP contribution in [0.4, 0.5) is 0 Å². The van der Waals surface area contributed by atoms with Gasteiger partial charge in [-0.1, -0.05) is 0 Å². The first kappa shape index (κ1) is 19.4. The van der Waals surface area contributed by atoms with E-state index in [0.29, 0.717) is 6.04 Å². The van der Waals surface area contributed by atoms with Crippen LogP contribution in [0, 0.1) is 0 Å². The molecule has 1 aliphatic rings. The average Bonchev–Trinajstić information content (AvgIpc) is 2.54. The first-order valence-corrected chi connectivity index (χ1v) is 8.62. The van der Waals surface area contributed by atoms with E-state index in [1.165, 1.54) is 29.8 Å². The molecule has 1 saturated heterocycles. The predicted octanol–water partition coefficient (Wildman–Crippen LogP) is 3.03. The van der Waals surface area contributed by atoms with Gasteiger partial charge in [-0.05, 0) is 50.4 Å². The molecular formula is C16H27ClN2O2S. The summed E-state index contributed by atoms with van der Waals surface area (Å²) in [7, 11) is 5.43. The summed E-state index contributed by atoms with van der Waals surface area (Å²) in [4.78, 5) is 3.78. The van der Waals surface area contributed by atoms with Gasteiger partial charge in [0.05, 0.1) is 14.2 Å². The van der Waals surface area contributed by atoms with Gasteiger partial charge in [0.25, 0.3) is 0 Å². The van der Waals surface area contributed by atoms with Gasteiger partial charge in [0, 0.05) is 24.0 Å². The Hall–Kier alpha value is -0.620. The number of thioether (sulfide) groups is 1. The zero-order valence-corrected chi connectivity index (χ0v) is 15.5. The van der Waals surface area contributed by atoms with Crippen LogP contribution in [-0.4, -0.2) is 51.6 Å². The molecule has 1 atom stereocenters. The van der Waals surface area contributed by atoms with Crippen molar-refractivity contribution in [3.8, 4) is 11.5 Å². The molecule has 4 nitrogen and oxygen atoms in total. The smallest absolute Gasteiger partial charge is 0.161 e. The summed E-state index contributed by atoms with van der Waals surface area (Å²) < 4.78 is 10.8. The second-order valence-corrected chi connectivity index (χ2v) is 6.23. The number of nitrogens with zero attached hydrogens (tertiary/aromatic N) is 1. The van der Waals surface area contributed by atoms with Gasteiger partial charge in [-0.3, -0.25) is 4.90 Å². The van der Waals surface area contributed by atoms with Crippen molar-refractivity contribution in [3.05, 3.63) is 17.7 Å². The van der Waals surface area contributed by atoms with E-state index in [1.54, 1.807) is 26.0 Å². The molecule has 1 aromatic carbocycles. The molecule has 0 aliphatic carbocycles. The molecule has 22 heavy (non-hydrogen) atoms. The van der Waals surface area contributed by atoms with Crippen LogP contribution in [0.3, 0.4) is 0 Å². The molecule has 0 radical (unpaired) electrons. The summed E-state index contributed by atoms with van der Waals surface area (Å²) in [6, 6.07) is 4.81. The van der Waals surface area contributed by atoms with Crippen LogP contribution in [0.5, 0.6) is 11.5 Å². The van der Waals surface area contributed by atoms with E-state index in [2.05, 4.69) is 35.7 Å². The van der Waals surface area contributed by atoms with E-state index in [4.69, 9.17) is 9.47 Å². The highest BCUT2D eigenvalue weighted by atomic mass is 35.5. The van der Waals surface area contributed by atoms with E-state index < -0.39 is 0 Å². The third kappa shape index (κ3) is 4.69. The number of likely N-dealkylation sites (tertiary alicyclic amines) is 1. The van der Waals surface area contributed by atoms with Crippen LogP contribution in [0.2, 0.25) is 0 Å². The quantitative estimate of drug-likeness (QED) is 0.801. The van der Waals surface area contributed by atoms with Crippen molar-refractivity contribution in [1.82, 2.24) is 10.2 Å². The number of piperidine rings is 1. The van der Waals surface area contributed by atoms with Crippen LogP contribution in [0.15, 0.2) is 17.0 Å². The number of benzene rings is 1. The Labute approximate surface area is 144 Å². The number of nitrogens with one attached hydrogen (secondary N) is 1. The minimum Gasteiger partial charge on any atom is -0.493 e. The van der Waals surface area contributed by atoms with E-state index in [9.17, 15) is 0 Å². The molecule has 1 fully saturated rings. The molecule has 0 saturated carbocycles. The van der Waals surface area contributed by atoms with Crippen molar-refractivity contribution in [1.29, 1.82) is 0 Å². The maximum atomic E-state index is 5.44. The average molecular weight is 347 g/mol. The molecule has 0 spiro atoms. The molecule has 1 heterocycles. The molecule has 0 bridgehead atoms. The summed E-state index contributed by atoms with van der Waals surface area (Å²) in [6.45, 7) is 3.24. The largest absolute Gasteiger partial charge is 0.493 e. The lowest BCUT2D eigenvalue weighted by atomic mass is 10.0. The lowest BCUT2D eigenvalue weighted by molar-refractivity contribution is 0.186. The summed E-state index contributed by atoms with van der Waals surface area (Å²) in [5, 5.41) is 3.40. The number of halogens is 1. The molecule has 1 aliphatic heterocycles. The number of hydrogen-bond acceptors (Lipinski definition) is 5. The molecule has 1 unspecified atom stereocenters. The number of hydrogen-bond donors (Lipinski definition) is 1. The summed E-state index contributed by atoms with van der Waals surface area (Å²) in [6.07, 6.45) is 4.64. The van der Waals surface area contributed by atoms with Gasteiger partial charge in [0.2, 0.25) is 0 Å². The Morgan fingerprint density at radius 2 is 1.95 bits per heavy atom. The molecule has 0 amide bonds. The molecule has 0 aromatic heterocycles. The lowest BCUT2D eigenvalue weighted by Gasteiger charge is -2.33. The standard InChI is InChI=1S/C16H26N2O2S.ClH/c1-17-13-6-5-7-18(11-13)10-12-8-14(19-2)15(20-3)9-16(12)21-4;/h8-9,13,17H,5-7,10-11H2,1-4H3;1H. The SMILES string of the molecule is CNC1CCCN(Cc2cc(OC)c(OC)cc2SC)C1.Cl. The summed E-state index contributed by atoms with van der Waals surface area (Å²) >= 11 is 1.76. The van der Waals surface area contributed by atoms with Gasteiger partial charge in [-0.2, -0.15) is 0 Å². The highest BCUT2D eigenvalue weighted by molar-refractivity contribution is 7.98. The van der Waals surface area contributed by atoms with Crippen molar-refractivity contribution in [2.45, 2.75) is 30.3 Å². The third-order valence-corrected chi connectivity index (χ3v) is 4.91. The van der Waals surface area contributed by atoms with E-state index >= 15 is 0 Å². The molecule has 126 valence electrons. The maximum Gasteiger partial charge on any atom is 0.161 e. The van der Waals surface area contributed by atoms with Crippen molar-refractivity contribution < 1.29 is 9.47 Å². The van der Waals surface area contributed by atoms with E-state index in [0.717, 1.165) is 24.6 Å². The fourth-order valence-electron chi connectivity index (χ4n) is 2.89. The number of methoxy groups -OCH3 is 2. The van der Waals surface area contributed by atoms with Crippen LogP contribution in [0.25, 0.3) is 0 Å². The highest BCUT2D eigenvalue weighted by Gasteiger charge is 2.20. The summed E-state index contributed by atoms with van der Waals surface area (Å²) in [5.74, 6) is 1.62. The molecule has 2 rings (SSSR count). The Bertz CT molecular complexity index is 474. The van der Waals surface area contributed by atoms with Crippen molar-refractivity contribution >= 4 is 24.2 Å². The first-order chi connectivity index (χ1) is 10.2. The van der Waals surface area contributed by atoms with E-state index in [1.807, 2.05) is 0 Å². The number of likely N-dealkylation sites (N-methyl/N-ethyl adjacent to an activating group) is 1. The maximum absolute atomic E-state index is 5.44. The van der Waals surface area contributed by atoms with Crippen LogP contribution in [0.1, 0.15) is 18.4 Å². The van der Waals surface area contributed by atoms with Gasteiger partial charge < -0.3 is 14.8 Å². The Morgan fingerprint density at radius 1 is 1.27 bits per heavy atom. The van der Waals surface area contributed by atoms with Gasteiger partial charge in [-0.15, -0.1) is 24.2 Å². The van der Waals surface area contributed by atoms with Crippen molar-refractivity contribution in [2.24, 2.45) is 0 Å². The normalized spacial score (nSPS) is 18.6. The highest BCUT2D eigenvalue weighted by Crippen LogP contribution is 2.35. The number of ether oxygens (including phenoxy) is 2. The summed E-state index contributed by atoms with van der Waals surface area (Å²) in [5.41, 5.74) is 1.32. The molecule has 6 heteroatoms. The van der Waals surface area contributed by atoms with Gasteiger partial charge in [0.15, 0.2) is 11.5 Å². The predicted molar refractivity (Wildman–Crippen MR) is 95.9 cm³/mol. The van der Waals surface area contributed by atoms with Crippen LogP contribution < -0.4 is 14.8 Å². The molecule has 1 aromatic rings. The molecular weight excluding hydrogens is 320 g/mol. The van der Waals surface area contributed by atoms with Crippen LogP contribution in [-0.2, 0) is 6.54 Å². The Kier molecular flexibility index (Phi) is 8.39. The topological polar surface area (TPSA) is 33.7 Å². The minimum absolute atomic E-state index is 0. The lowest BCUT2D eigenvalue weighted by Crippen LogP contribution is -2.43. The van der Waals surface area contributed by atoms with Crippen molar-refractivity contribution in [2.75, 3.05) is 40.6 Å². The molecule has 1 N–H and O–H groups in total. The Balaban J connectivity index is 0.00000242. The second-order valence-electron chi connectivity index (χ2n) is 5.38. The second kappa shape index (κ2) is 9.50. The van der Waals surface area contributed by atoms with Crippen molar-refractivity contribution in [3.63, 3.8) is 0 Å². The van der Waals surface area contributed by atoms with Crippen LogP contribution >= 0.6 is 24.2 Å². The minimum atomic E-state index is 0. The zero-order valence-electron chi connectivity index (χ0n) is 13.8.